The fourth-order valence-electron chi connectivity index (χ4n) is 3.64. The van der Waals surface area contributed by atoms with E-state index in [9.17, 15) is 17.6 Å². The highest BCUT2D eigenvalue weighted by atomic mass is 32.2. The maximum Gasteiger partial charge on any atom is 0.420 e. The Labute approximate surface area is 184 Å². The van der Waals surface area contributed by atoms with Gasteiger partial charge in [0.05, 0.1) is 11.6 Å². The fourth-order valence-corrected chi connectivity index (χ4v) is 5.37. The van der Waals surface area contributed by atoms with E-state index < -0.39 is 32.5 Å². The number of anilines is 1. The number of hydrogen-bond acceptors (Lipinski definition) is 8. The molecule has 0 radical (unpaired) electrons. The molecule has 5 aromatic rings. The van der Waals surface area contributed by atoms with Gasteiger partial charge in [0.2, 0.25) is 5.13 Å². The van der Waals surface area contributed by atoms with Gasteiger partial charge in [-0.05, 0) is 23.9 Å². The van der Waals surface area contributed by atoms with Crippen LogP contribution in [0, 0.1) is 5.82 Å². The van der Waals surface area contributed by atoms with Crippen molar-refractivity contribution in [2.75, 3.05) is 4.72 Å². The number of hydrogen-bond donors (Lipinski definition) is 1. The van der Waals surface area contributed by atoms with Gasteiger partial charge in [0.15, 0.2) is 5.58 Å². The van der Waals surface area contributed by atoms with Crippen molar-refractivity contribution >= 4 is 48.6 Å². The standard InChI is InChI=1S/C20H14FN5O4S2/c1-11(13-4-2-3-12-5-6-22-9-14(12)13)26-16-7-15(21)18(8-17(16)30-20(26)27)32(28,29)25-19-23-10-24-31-19/h2-11H,1H3,(H,23,24,25)/t11-/m1/s1. The lowest BCUT2D eigenvalue weighted by atomic mass is 10.0. The number of benzene rings is 2. The minimum atomic E-state index is -4.31. The summed E-state index contributed by atoms with van der Waals surface area (Å²) in [7, 11) is -4.31. The van der Waals surface area contributed by atoms with Crippen LogP contribution in [0.2, 0.25) is 0 Å². The van der Waals surface area contributed by atoms with Crippen LogP contribution in [0.1, 0.15) is 18.5 Å². The van der Waals surface area contributed by atoms with Gasteiger partial charge in [0, 0.05) is 41.4 Å². The van der Waals surface area contributed by atoms with Crippen LogP contribution in [0.25, 0.3) is 21.9 Å². The van der Waals surface area contributed by atoms with Crippen LogP contribution >= 0.6 is 11.5 Å². The molecule has 3 heterocycles. The second-order valence-electron chi connectivity index (χ2n) is 6.96. The molecule has 0 spiro atoms. The van der Waals surface area contributed by atoms with Crippen molar-refractivity contribution in [3.05, 3.63) is 77.1 Å². The first-order valence-corrected chi connectivity index (χ1v) is 11.6. The molecular formula is C20H14FN5O4S2. The topological polar surface area (TPSA) is 120 Å². The van der Waals surface area contributed by atoms with Crippen LogP contribution in [-0.2, 0) is 10.0 Å². The predicted molar refractivity (Wildman–Crippen MR) is 117 cm³/mol. The fraction of sp³-hybridized carbons (Fsp3) is 0.100. The Morgan fingerprint density at radius 2 is 2.09 bits per heavy atom. The first-order valence-electron chi connectivity index (χ1n) is 9.32. The number of oxazole rings is 1. The number of aromatic nitrogens is 4. The molecule has 2 aromatic carbocycles. The maximum absolute atomic E-state index is 14.9. The lowest BCUT2D eigenvalue weighted by Crippen LogP contribution is -2.19. The molecule has 0 aliphatic heterocycles. The molecule has 3 aromatic heterocycles. The molecule has 0 bridgehead atoms. The van der Waals surface area contributed by atoms with Gasteiger partial charge < -0.3 is 4.42 Å². The Balaban J connectivity index is 1.64. The van der Waals surface area contributed by atoms with Crippen molar-refractivity contribution in [1.29, 1.82) is 0 Å². The van der Waals surface area contributed by atoms with Gasteiger partial charge in [-0.2, -0.15) is 4.37 Å². The van der Waals surface area contributed by atoms with Crippen molar-refractivity contribution in [3.63, 3.8) is 0 Å². The zero-order valence-corrected chi connectivity index (χ0v) is 18.0. The van der Waals surface area contributed by atoms with Crippen molar-refractivity contribution < 1.29 is 17.2 Å². The monoisotopic (exact) mass is 471 g/mol. The molecular weight excluding hydrogens is 457 g/mol. The number of sulfonamides is 1. The first kappa shape index (κ1) is 20.3. The molecule has 9 nitrogen and oxygen atoms in total. The molecule has 1 atom stereocenters. The summed E-state index contributed by atoms with van der Waals surface area (Å²) >= 11 is 0.806. The van der Waals surface area contributed by atoms with E-state index in [4.69, 9.17) is 4.42 Å². The molecule has 12 heteroatoms. The smallest absolute Gasteiger partial charge is 0.408 e. The van der Waals surface area contributed by atoms with Gasteiger partial charge in [-0.15, -0.1) is 0 Å². The van der Waals surface area contributed by atoms with Crippen LogP contribution in [0.3, 0.4) is 0 Å². The third-order valence-electron chi connectivity index (χ3n) is 5.09. The summed E-state index contributed by atoms with van der Waals surface area (Å²) in [5.41, 5.74) is 0.866. The second-order valence-corrected chi connectivity index (χ2v) is 9.39. The zero-order valence-electron chi connectivity index (χ0n) is 16.4. The van der Waals surface area contributed by atoms with Gasteiger partial charge in [-0.3, -0.25) is 14.3 Å². The Morgan fingerprint density at radius 3 is 2.88 bits per heavy atom. The van der Waals surface area contributed by atoms with Gasteiger partial charge in [-0.25, -0.2) is 22.6 Å². The van der Waals surface area contributed by atoms with E-state index in [0.717, 1.165) is 40.0 Å². The third kappa shape index (κ3) is 3.33. The molecule has 0 aliphatic rings. The molecule has 5 rings (SSSR count). The average Bonchev–Trinajstić information content (AvgIpc) is 3.38. The third-order valence-corrected chi connectivity index (χ3v) is 7.16. The number of halogens is 1. The molecule has 0 fully saturated rings. The highest BCUT2D eigenvalue weighted by Gasteiger charge is 2.26. The maximum atomic E-state index is 14.9. The minimum Gasteiger partial charge on any atom is -0.408 e. The van der Waals surface area contributed by atoms with Gasteiger partial charge >= 0.3 is 5.76 Å². The summed E-state index contributed by atoms with van der Waals surface area (Å²) in [6.45, 7) is 1.78. The summed E-state index contributed by atoms with van der Waals surface area (Å²) in [6, 6.07) is 8.91. The quantitative estimate of drug-likeness (QED) is 0.416. The second kappa shape index (κ2) is 7.50. The van der Waals surface area contributed by atoms with Crippen molar-refractivity contribution in [2.24, 2.45) is 0 Å². The first-order chi connectivity index (χ1) is 15.3. The minimum absolute atomic E-state index is 0.0123. The van der Waals surface area contributed by atoms with Crippen LogP contribution in [0.4, 0.5) is 9.52 Å². The summed E-state index contributed by atoms with van der Waals surface area (Å²) in [6.07, 6.45) is 4.54. The summed E-state index contributed by atoms with van der Waals surface area (Å²) in [5, 5.41) is 1.76. The molecule has 0 aliphatic carbocycles. The normalized spacial score (nSPS) is 12.9. The highest BCUT2D eigenvalue weighted by molar-refractivity contribution is 7.93. The number of nitrogens with zero attached hydrogens (tertiary/aromatic N) is 4. The van der Waals surface area contributed by atoms with E-state index in [1.165, 1.54) is 10.9 Å². The molecule has 0 unspecified atom stereocenters. The van der Waals surface area contributed by atoms with Crippen LogP contribution < -0.4 is 10.5 Å². The molecule has 32 heavy (non-hydrogen) atoms. The van der Waals surface area contributed by atoms with Crippen molar-refractivity contribution in [2.45, 2.75) is 17.9 Å². The average molecular weight is 471 g/mol. The molecule has 0 saturated carbocycles. The van der Waals surface area contributed by atoms with Gasteiger partial charge in [0.25, 0.3) is 10.0 Å². The van der Waals surface area contributed by atoms with E-state index in [-0.39, 0.29) is 16.2 Å². The van der Waals surface area contributed by atoms with E-state index >= 15 is 0 Å². The van der Waals surface area contributed by atoms with E-state index in [1.807, 2.05) is 24.3 Å². The molecule has 0 amide bonds. The Bertz CT molecular complexity index is 1620. The predicted octanol–water partition coefficient (Wildman–Crippen LogP) is 3.54. The highest BCUT2D eigenvalue weighted by Crippen LogP contribution is 2.30. The Kier molecular flexibility index (Phi) is 4.75. The van der Waals surface area contributed by atoms with E-state index in [2.05, 4.69) is 19.1 Å². The summed E-state index contributed by atoms with van der Waals surface area (Å²) in [4.78, 5) is 19.9. The Hall–Kier alpha value is -3.64. The lowest BCUT2D eigenvalue weighted by molar-refractivity contribution is 0.490. The number of fused-ring (bicyclic) bond motifs is 2. The van der Waals surface area contributed by atoms with Crippen molar-refractivity contribution in [1.82, 2.24) is 18.9 Å². The number of pyridine rings is 1. The SMILES string of the molecule is C[C@H](c1cccc2ccncc12)n1c(=O)oc2cc(S(=O)(=O)Nc3ncns3)c(F)cc21. The van der Waals surface area contributed by atoms with E-state index in [1.54, 1.807) is 19.3 Å². The Morgan fingerprint density at radius 1 is 1.25 bits per heavy atom. The van der Waals surface area contributed by atoms with Crippen LogP contribution in [0.5, 0.6) is 0 Å². The zero-order chi connectivity index (χ0) is 22.5. The van der Waals surface area contributed by atoms with Crippen LogP contribution in [0.15, 0.2) is 69.2 Å². The molecule has 0 saturated heterocycles. The molecule has 162 valence electrons. The summed E-state index contributed by atoms with van der Waals surface area (Å²) < 4.78 is 52.6. The number of rotatable bonds is 5. The van der Waals surface area contributed by atoms with Crippen molar-refractivity contribution in [3.8, 4) is 0 Å². The van der Waals surface area contributed by atoms with Gasteiger partial charge in [0.1, 0.15) is 17.0 Å². The van der Waals surface area contributed by atoms with E-state index in [0.29, 0.717) is 0 Å². The molecule has 1 N–H and O–H groups in total. The lowest BCUT2D eigenvalue weighted by Gasteiger charge is -2.16. The summed E-state index contributed by atoms with van der Waals surface area (Å²) in [5.74, 6) is -1.77. The number of nitrogens with one attached hydrogen (secondary N) is 1. The van der Waals surface area contributed by atoms with Crippen LogP contribution in [-0.4, -0.2) is 27.3 Å². The van der Waals surface area contributed by atoms with Gasteiger partial charge in [-0.1, -0.05) is 18.2 Å². The largest absolute Gasteiger partial charge is 0.420 e.